The van der Waals surface area contributed by atoms with Gasteiger partial charge in [0, 0.05) is 13.0 Å². The van der Waals surface area contributed by atoms with Crippen LogP contribution in [0.1, 0.15) is 50.2 Å². The normalized spacial score (nSPS) is 18.3. The summed E-state index contributed by atoms with van der Waals surface area (Å²) < 4.78 is 24.5. The molecule has 0 bridgehead atoms. The quantitative estimate of drug-likeness (QED) is 0.800. The molecule has 1 aromatic carbocycles. The fourth-order valence-corrected chi connectivity index (χ4v) is 3.47. The monoisotopic (exact) mass is 374 g/mol. The highest BCUT2D eigenvalue weighted by Gasteiger charge is 2.41. The Hall–Kier alpha value is -2.64. The van der Waals surface area contributed by atoms with Gasteiger partial charge in [-0.15, -0.1) is 0 Å². The summed E-state index contributed by atoms with van der Waals surface area (Å²) in [4.78, 5) is 17.0. The van der Waals surface area contributed by atoms with Crippen molar-refractivity contribution in [3.05, 3.63) is 35.7 Å². The molecule has 0 aliphatic heterocycles. The van der Waals surface area contributed by atoms with Crippen molar-refractivity contribution in [1.82, 2.24) is 15.5 Å². The molecule has 7 nitrogen and oxygen atoms in total. The predicted molar refractivity (Wildman–Crippen MR) is 96.0 cm³/mol. The zero-order valence-corrected chi connectivity index (χ0v) is 15.3. The molecular formula is C19H23FN4O3. The summed E-state index contributed by atoms with van der Waals surface area (Å²) in [6, 6.07) is 3.69. The molecule has 2 aromatic rings. The molecule has 0 radical (unpaired) electrons. The van der Waals surface area contributed by atoms with E-state index in [4.69, 9.17) is 9.26 Å². The molecule has 2 N–H and O–H groups in total. The zero-order chi connectivity index (χ0) is 18.9. The average molecular weight is 374 g/mol. The lowest BCUT2D eigenvalue weighted by molar-refractivity contribution is 0.232. The molecule has 0 saturated heterocycles. The third-order valence-corrected chi connectivity index (χ3v) is 5.13. The molecule has 0 atom stereocenters. The van der Waals surface area contributed by atoms with Gasteiger partial charge in [0.15, 0.2) is 5.82 Å². The van der Waals surface area contributed by atoms with Crippen molar-refractivity contribution in [3.63, 3.8) is 0 Å². The van der Waals surface area contributed by atoms with E-state index >= 15 is 0 Å². The minimum Gasteiger partial charge on any atom is -0.491 e. The number of carbonyl (C=O) groups excluding carboxylic acids is 1. The number of nitrogens with one attached hydrogen (secondary N) is 2. The maximum absolute atomic E-state index is 13.7. The van der Waals surface area contributed by atoms with E-state index in [1.54, 1.807) is 13.0 Å². The summed E-state index contributed by atoms with van der Waals surface area (Å²) in [5.74, 6) is 1.53. The SMILES string of the molecule is Cc1nc(C2(NC(=O)Nc3cc(F)ccc3OCC3CC3)CCCC2)no1. The Morgan fingerprint density at radius 2 is 2.15 bits per heavy atom. The third kappa shape index (κ3) is 4.04. The Morgan fingerprint density at radius 1 is 1.37 bits per heavy atom. The molecule has 4 rings (SSSR count). The van der Waals surface area contributed by atoms with Gasteiger partial charge < -0.3 is 19.9 Å². The van der Waals surface area contributed by atoms with E-state index in [1.165, 1.54) is 12.1 Å². The number of aromatic nitrogens is 2. The van der Waals surface area contributed by atoms with Crippen molar-refractivity contribution in [2.24, 2.45) is 5.92 Å². The van der Waals surface area contributed by atoms with Crippen molar-refractivity contribution in [1.29, 1.82) is 0 Å². The van der Waals surface area contributed by atoms with Crippen LogP contribution in [-0.4, -0.2) is 22.8 Å². The van der Waals surface area contributed by atoms with E-state index in [-0.39, 0.29) is 0 Å². The molecule has 144 valence electrons. The number of urea groups is 1. The van der Waals surface area contributed by atoms with E-state index in [9.17, 15) is 9.18 Å². The Kier molecular flexibility index (Phi) is 4.72. The van der Waals surface area contributed by atoms with Crippen LogP contribution in [0.4, 0.5) is 14.9 Å². The Balaban J connectivity index is 1.49. The summed E-state index contributed by atoms with van der Waals surface area (Å²) in [7, 11) is 0. The molecule has 0 spiro atoms. The number of aryl methyl sites for hydroxylation is 1. The number of carbonyl (C=O) groups is 1. The second kappa shape index (κ2) is 7.17. The molecule has 8 heteroatoms. The minimum atomic E-state index is -0.662. The highest BCUT2D eigenvalue weighted by atomic mass is 19.1. The number of hydrogen-bond acceptors (Lipinski definition) is 5. The standard InChI is InChI=1S/C19H23FN4O3/c1-12-21-17(24-27-12)19(8-2-3-9-19)23-18(25)22-15-10-14(20)6-7-16(15)26-11-13-4-5-13/h6-7,10,13H,2-5,8-9,11H2,1H3,(H2,22,23,25). The molecule has 27 heavy (non-hydrogen) atoms. The van der Waals surface area contributed by atoms with Crippen molar-refractivity contribution in [2.45, 2.75) is 51.0 Å². The number of rotatable bonds is 6. The smallest absolute Gasteiger partial charge is 0.320 e. The molecule has 2 saturated carbocycles. The number of hydrogen-bond donors (Lipinski definition) is 2. The lowest BCUT2D eigenvalue weighted by Gasteiger charge is -2.27. The van der Waals surface area contributed by atoms with Gasteiger partial charge in [-0.25, -0.2) is 9.18 Å². The van der Waals surface area contributed by atoms with Crippen LogP contribution in [0.2, 0.25) is 0 Å². The number of halogens is 1. The number of amides is 2. The molecule has 0 unspecified atom stereocenters. The first-order valence-electron chi connectivity index (χ1n) is 9.36. The van der Waals surface area contributed by atoms with Gasteiger partial charge in [-0.1, -0.05) is 18.0 Å². The van der Waals surface area contributed by atoms with Gasteiger partial charge >= 0.3 is 6.03 Å². The Labute approximate surface area is 156 Å². The fourth-order valence-electron chi connectivity index (χ4n) is 3.47. The predicted octanol–water partition coefficient (Wildman–Crippen LogP) is 3.90. The first-order chi connectivity index (χ1) is 13.0. The minimum absolute atomic E-state index is 0.311. The van der Waals surface area contributed by atoms with Crippen molar-refractivity contribution in [2.75, 3.05) is 11.9 Å². The van der Waals surface area contributed by atoms with Crippen LogP contribution in [0.15, 0.2) is 22.7 Å². The van der Waals surface area contributed by atoms with E-state index in [0.717, 1.165) is 38.5 Å². The lowest BCUT2D eigenvalue weighted by atomic mass is 9.97. The molecule has 2 aliphatic carbocycles. The highest BCUT2D eigenvalue weighted by Crippen LogP contribution is 2.37. The largest absolute Gasteiger partial charge is 0.491 e. The molecule has 2 amide bonds. The zero-order valence-electron chi connectivity index (χ0n) is 15.3. The molecule has 1 aromatic heterocycles. The second-order valence-corrected chi connectivity index (χ2v) is 7.40. The molecular weight excluding hydrogens is 351 g/mol. The molecule has 1 heterocycles. The summed E-state index contributed by atoms with van der Waals surface area (Å²) in [5.41, 5.74) is -0.352. The van der Waals surface area contributed by atoms with Gasteiger partial charge in [0.05, 0.1) is 12.3 Å². The Bertz CT molecular complexity index is 828. The number of benzene rings is 1. The van der Waals surface area contributed by atoms with Gasteiger partial charge in [-0.05, 0) is 43.7 Å². The first kappa shape index (κ1) is 17.8. The van der Waals surface area contributed by atoms with Crippen molar-refractivity contribution in [3.8, 4) is 5.75 Å². The summed E-state index contributed by atoms with van der Waals surface area (Å²) in [5, 5.41) is 9.71. The van der Waals surface area contributed by atoms with Gasteiger partial charge in [0.2, 0.25) is 5.89 Å². The maximum Gasteiger partial charge on any atom is 0.320 e. The van der Waals surface area contributed by atoms with Gasteiger partial charge in [-0.3, -0.25) is 0 Å². The topological polar surface area (TPSA) is 89.3 Å². The number of ether oxygens (including phenoxy) is 1. The van der Waals surface area contributed by atoms with Crippen LogP contribution in [-0.2, 0) is 5.54 Å². The van der Waals surface area contributed by atoms with Gasteiger partial charge in [-0.2, -0.15) is 4.98 Å². The summed E-state index contributed by atoms with van der Waals surface area (Å²) in [6.07, 6.45) is 5.68. The highest BCUT2D eigenvalue weighted by molar-refractivity contribution is 5.91. The summed E-state index contributed by atoms with van der Waals surface area (Å²) in [6.45, 7) is 2.30. The fraction of sp³-hybridized carbons (Fsp3) is 0.526. The van der Waals surface area contributed by atoms with E-state index in [1.807, 2.05) is 0 Å². The average Bonchev–Trinajstić information content (AvgIpc) is 3.16. The maximum atomic E-state index is 13.7. The number of nitrogens with zero attached hydrogens (tertiary/aromatic N) is 2. The molecule has 2 fully saturated rings. The first-order valence-corrected chi connectivity index (χ1v) is 9.36. The van der Waals surface area contributed by atoms with Crippen LogP contribution >= 0.6 is 0 Å². The van der Waals surface area contributed by atoms with Crippen LogP contribution in [0.5, 0.6) is 5.75 Å². The van der Waals surface area contributed by atoms with E-state index in [2.05, 4.69) is 20.8 Å². The number of anilines is 1. The van der Waals surface area contributed by atoms with Crippen molar-refractivity contribution < 1.29 is 18.4 Å². The van der Waals surface area contributed by atoms with E-state index < -0.39 is 17.4 Å². The van der Waals surface area contributed by atoms with Crippen molar-refractivity contribution >= 4 is 11.7 Å². The van der Waals surface area contributed by atoms with Crippen LogP contribution in [0, 0.1) is 18.7 Å². The summed E-state index contributed by atoms with van der Waals surface area (Å²) >= 11 is 0. The van der Waals surface area contributed by atoms with Gasteiger partial charge in [0.25, 0.3) is 0 Å². The van der Waals surface area contributed by atoms with Crippen LogP contribution in [0.25, 0.3) is 0 Å². The molecule has 2 aliphatic rings. The van der Waals surface area contributed by atoms with Crippen LogP contribution in [0.3, 0.4) is 0 Å². The van der Waals surface area contributed by atoms with E-state index in [0.29, 0.717) is 35.7 Å². The lowest BCUT2D eigenvalue weighted by Crippen LogP contribution is -2.46. The second-order valence-electron chi connectivity index (χ2n) is 7.40. The van der Waals surface area contributed by atoms with Crippen LogP contribution < -0.4 is 15.4 Å². The Morgan fingerprint density at radius 3 is 2.81 bits per heavy atom. The third-order valence-electron chi connectivity index (χ3n) is 5.13. The van der Waals surface area contributed by atoms with Gasteiger partial charge in [0.1, 0.15) is 17.1 Å².